The lowest BCUT2D eigenvalue weighted by Crippen LogP contribution is -2.12. The maximum Gasteiger partial charge on any atom is 0.270 e. The van der Waals surface area contributed by atoms with Crippen LogP contribution >= 0.6 is 11.3 Å². The van der Waals surface area contributed by atoms with Gasteiger partial charge in [0.2, 0.25) is 0 Å². The Hall–Kier alpha value is -3.26. The smallest absolute Gasteiger partial charge is 0.270 e. The first kappa shape index (κ1) is 18.5. The SMILES string of the molecule is CC(C)Oc1ccc(C(=O)Nc2nc(-c3cccc([N+](=O)[O-])c3)cs2)cc1. The molecule has 0 aliphatic carbocycles. The van der Waals surface area contributed by atoms with Gasteiger partial charge in [-0.25, -0.2) is 4.98 Å². The zero-order valence-corrected chi connectivity index (χ0v) is 15.5. The quantitative estimate of drug-likeness (QED) is 0.489. The molecule has 0 saturated heterocycles. The van der Waals surface area contributed by atoms with Crippen LogP contribution in [0.15, 0.2) is 53.9 Å². The molecule has 0 unspecified atom stereocenters. The molecule has 0 spiro atoms. The number of ether oxygens (including phenoxy) is 1. The zero-order chi connectivity index (χ0) is 19.4. The summed E-state index contributed by atoms with van der Waals surface area (Å²) in [7, 11) is 0. The molecule has 0 atom stereocenters. The molecule has 0 radical (unpaired) electrons. The summed E-state index contributed by atoms with van der Waals surface area (Å²) in [5.74, 6) is 0.412. The third-order valence-corrected chi connectivity index (χ3v) is 4.32. The molecule has 1 heterocycles. The van der Waals surface area contributed by atoms with Crippen molar-refractivity contribution in [2.24, 2.45) is 0 Å². The van der Waals surface area contributed by atoms with E-state index in [9.17, 15) is 14.9 Å². The molecule has 1 amide bonds. The van der Waals surface area contributed by atoms with Crippen LogP contribution in [-0.4, -0.2) is 21.9 Å². The number of nitrogens with zero attached hydrogens (tertiary/aromatic N) is 2. The van der Waals surface area contributed by atoms with Crippen molar-refractivity contribution in [3.8, 4) is 17.0 Å². The highest BCUT2D eigenvalue weighted by Crippen LogP contribution is 2.27. The summed E-state index contributed by atoms with van der Waals surface area (Å²) in [5.41, 5.74) is 1.67. The maximum absolute atomic E-state index is 12.4. The molecule has 0 fully saturated rings. The lowest BCUT2D eigenvalue weighted by atomic mass is 10.1. The van der Waals surface area contributed by atoms with Crippen LogP contribution < -0.4 is 10.1 Å². The van der Waals surface area contributed by atoms with Crippen molar-refractivity contribution < 1.29 is 14.5 Å². The number of anilines is 1. The van der Waals surface area contributed by atoms with Gasteiger partial charge in [0.25, 0.3) is 11.6 Å². The van der Waals surface area contributed by atoms with E-state index in [1.807, 2.05) is 13.8 Å². The van der Waals surface area contributed by atoms with Crippen LogP contribution in [0.2, 0.25) is 0 Å². The number of non-ortho nitro benzene ring substituents is 1. The van der Waals surface area contributed by atoms with Crippen molar-refractivity contribution in [2.75, 3.05) is 5.32 Å². The highest BCUT2D eigenvalue weighted by molar-refractivity contribution is 7.14. The summed E-state index contributed by atoms with van der Waals surface area (Å²) in [6, 6.07) is 13.1. The third kappa shape index (κ3) is 4.68. The van der Waals surface area contributed by atoms with Crippen LogP contribution in [0.5, 0.6) is 5.75 Å². The highest BCUT2D eigenvalue weighted by atomic mass is 32.1. The van der Waals surface area contributed by atoms with Crippen LogP contribution in [-0.2, 0) is 0 Å². The van der Waals surface area contributed by atoms with E-state index in [1.165, 1.54) is 23.5 Å². The van der Waals surface area contributed by atoms with Gasteiger partial charge in [0, 0.05) is 28.6 Å². The van der Waals surface area contributed by atoms with Crippen LogP contribution in [0, 0.1) is 10.1 Å². The number of hydrogen-bond acceptors (Lipinski definition) is 6. The first-order valence-corrected chi connectivity index (χ1v) is 9.09. The van der Waals surface area contributed by atoms with Crippen molar-refractivity contribution in [3.05, 3.63) is 69.6 Å². The summed E-state index contributed by atoms with van der Waals surface area (Å²) in [6.45, 7) is 3.87. The minimum atomic E-state index is -0.453. The number of nitro benzene ring substituents is 1. The molecule has 2 aromatic carbocycles. The Morgan fingerprint density at radius 1 is 1.22 bits per heavy atom. The zero-order valence-electron chi connectivity index (χ0n) is 14.7. The number of hydrogen-bond donors (Lipinski definition) is 1. The fraction of sp³-hybridized carbons (Fsp3) is 0.158. The molecule has 3 rings (SSSR count). The predicted octanol–water partition coefficient (Wildman–Crippen LogP) is 4.76. The van der Waals surface area contributed by atoms with Crippen molar-refractivity contribution in [1.29, 1.82) is 0 Å². The maximum atomic E-state index is 12.4. The molecule has 3 aromatic rings. The minimum Gasteiger partial charge on any atom is -0.491 e. The van der Waals surface area contributed by atoms with Crippen molar-refractivity contribution in [3.63, 3.8) is 0 Å². The van der Waals surface area contributed by atoms with E-state index in [4.69, 9.17) is 4.74 Å². The third-order valence-electron chi connectivity index (χ3n) is 3.57. The summed E-state index contributed by atoms with van der Waals surface area (Å²) in [4.78, 5) is 27.1. The van der Waals surface area contributed by atoms with E-state index in [1.54, 1.807) is 41.8 Å². The van der Waals surface area contributed by atoms with E-state index < -0.39 is 4.92 Å². The van der Waals surface area contributed by atoms with Crippen LogP contribution in [0.1, 0.15) is 24.2 Å². The average Bonchev–Trinajstić information content (AvgIpc) is 3.10. The van der Waals surface area contributed by atoms with Gasteiger partial charge in [0.1, 0.15) is 5.75 Å². The Bertz CT molecular complexity index is 967. The number of thiazole rings is 1. The fourth-order valence-corrected chi connectivity index (χ4v) is 3.08. The number of nitrogens with one attached hydrogen (secondary N) is 1. The van der Waals surface area contributed by atoms with Crippen LogP contribution in [0.25, 0.3) is 11.3 Å². The second-order valence-electron chi connectivity index (χ2n) is 5.99. The minimum absolute atomic E-state index is 0.00482. The normalized spacial score (nSPS) is 10.6. The number of carbonyl (C=O) groups is 1. The van der Waals surface area contributed by atoms with Gasteiger partial charge in [0.15, 0.2) is 5.13 Å². The summed E-state index contributed by atoms with van der Waals surface area (Å²) in [5, 5.41) is 15.8. The van der Waals surface area contributed by atoms with Gasteiger partial charge >= 0.3 is 0 Å². The molecule has 27 heavy (non-hydrogen) atoms. The van der Waals surface area contributed by atoms with Gasteiger partial charge < -0.3 is 4.74 Å². The fourth-order valence-electron chi connectivity index (χ4n) is 2.37. The topological polar surface area (TPSA) is 94.4 Å². The number of benzene rings is 2. The van der Waals surface area contributed by atoms with E-state index >= 15 is 0 Å². The Balaban J connectivity index is 1.71. The van der Waals surface area contributed by atoms with E-state index in [-0.39, 0.29) is 17.7 Å². The number of carbonyl (C=O) groups excluding carboxylic acids is 1. The second kappa shape index (κ2) is 7.96. The summed E-state index contributed by atoms with van der Waals surface area (Å²) < 4.78 is 5.56. The molecule has 1 aromatic heterocycles. The number of amides is 1. The predicted molar refractivity (Wildman–Crippen MR) is 104 cm³/mol. The molecular formula is C19H17N3O4S. The van der Waals surface area contributed by atoms with E-state index in [0.29, 0.717) is 27.7 Å². The summed E-state index contributed by atoms with van der Waals surface area (Å²) >= 11 is 1.26. The largest absolute Gasteiger partial charge is 0.491 e. The van der Waals surface area contributed by atoms with Gasteiger partial charge in [-0.2, -0.15) is 0 Å². The molecule has 0 aliphatic heterocycles. The first-order valence-electron chi connectivity index (χ1n) is 8.21. The van der Waals surface area contributed by atoms with Crippen molar-refractivity contribution >= 4 is 28.1 Å². The lowest BCUT2D eigenvalue weighted by Gasteiger charge is -2.09. The number of nitro groups is 1. The van der Waals surface area contributed by atoms with Gasteiger partial charge in [0.05, 0.1) is 16.7 Å². The van der Waals surface area contributed by atoms with E-state index in [0.717, 1.165) is 0 Å². The summed E-state index contributed by atoms with van der Waals surface area (Å²) in [6.07, 6.45) is 0.0622. The Kier molecular flexibility index (Phi) is 5.46. The lowest BCUT2D eigenvalue weighted by molar-refractivity contribution is -0.384. The van der Waals surface area contributed by atoms with Crippen LogP contribution in [0.4, 0.5) is 10.8 Å². The van der Waals surface area contributed by atoms with Crippen molar-refractivity contribution in [2.45, 2.75) is 20.0 Å². The monoisotopic (exact) mass is 383 g/mol. The van der Waals surface area contributed by atoms with Gasteiger partial charge in [-0.05, 0) is 38.1 Å². The molecule has 138 valence electrons. The number of aromatic nitrogens is 1. The standard InChI is InChI=1S/C19H17N3O4S/c1-12(2)26-16-8-6-13(7-9-16)18(23)21-19-20-17(11-27-19)14-4-3-5-15(10-14)22(24)25/h3-12H,1-2H3,(H,20,21,23). The first-order chi connectivity index (χ1) is 12.9. The molecule has 8 heteroatoms. The second-order valence-corrected chi connectivity index (χ2v) is 6.85. The number of rotatable bonds is 6. The molecule has 0 saturated carbocycles. The Morgan fingerprint density at radius 3 is 2.63 bits per heavy atom. The van der Waals surface area contributed by atoms with E-state index in [2.05, 4.69) is 10.3 Å². The highest BCUT2D eigenvalue weighted by Gasteiger charge is 2.12. The Labute approximate surface area is 159 Å². The molecule has 0 bridgehead atoms. The molecule has 0 aliphatic rings. The van der Waals surface area contributed by atoms with Crippen molar-refractivity contribution in [1.82, 2.24) is 4.98 Å². The molecular weight excluding hydrogens is 366 g/mol. The Morgan fingerprint density at radius 2 is 1.96 bits per heavy atom. The average molecular weight is 383 g/mol. The molecule has 7 nitrogen and oxygen atoms in total. The van der Waals surface area contributed by atoms with Crippen LogP contribution in [0.3, 0.4) is 0 Å². The van der Waals surface area contributed by atoms with Gasteiger partial charge in [-0.15, -0.1) is 11.3 Å². The van der Waals surface area contributed by atoms with Gasteiger partial charge in [-0.1, -0.05) is 12.1 Å². The molecule has 1 N–H and O–H groups in total. The van der Waals surface area contributed by atoms with Gasteiger partial charge in [-0.3, -0.25) is 20.2 Å².